The van der Waals surface area contributed by atoms with Gasteiger partial charge in [-0.05, 0) is 31.3 Å². The molecule has 6 heteroatoms. The molecule has 2 heterocycles. The van der Waals surface area contributed by atoms with Crippen molar-refractivity contribution in [3.63, 3.8) is 0 Å². The van der Waals surface area contributed by atoms with Crippen LogP contribution in [0, 0.1) is 6.92 Å². The Balaban J connectivity index is 2.11. The summed E-state index contributed by atoms with van der Waals surface area (Å²) in [6.45, 7) is 1.95. The fourth-order valence-electron chi connectivity index (χ4n) is 1.80. The molecule has 0 spiro atoms. The summed E-state index contributed by atoms with van der Waals surface area (Å²) in [5.74, 6) is 2.35. The Kier molecular flexibility index (Phi) is 2.00. The quantitative estimate of drug-likeness (QED) is 0.860. The van der Waals surface area contributed by atoms with Gasteiger partial charge in [0.15, 0.2) is 11.6 Å². The third-order valence-corrected chi connectivity index (χ3v) is 3.60. The molecule has 0 radical (unpaired) electrons. The number of rotatable bonds is 2. The number of anilines is 1. The number of hydrogen-bond donors (Lipinski definition) is 1. The van der Waals surface area contributed by atoms with Crippen LogP contribution >= 0.6 is 11.5 Å². The second-order valence-corrected chi connectivity index (χ2v) is 5.00. The molecule has 0 saturated heterocycles. The molecule has 0 unspecified atom stereocenters. The molecule has 1 fully saturated rings. The Morgan fingerprint density at radius 1 is 1.44 bits per heavy atom. The van der Waals surface area contributed by atoms with E-state index in [0.717, 1.165) is 27.9 Å². The van der Waals surface area contributed by atoms with Gasteiger partial charge in [0, 0.05) is 13.0 Å². The van der Waals surface area contributed by atoms with Gasteiger partial charge in [-0.3, -0.25) is 0 Å². The summed E-state index contributed by atoms with van der Waals surface area (Å²) in [5, 5.41) is 5.16. The summed E-state index contributed by atoms with van der Waals surface area (Å²) in [5.41, 5.74) is 7.79. The molecule has 16 heavy (non-hydrogen) atoms. The number of hydrogen-bond acceptors (Lipinski definition) is 5. The van der Waals surface area contributed by atoms with E-state index in [-0.39, 0.29) is 0 Å². The highest BCUT2D eigenvalue weighted by Gasteiger charge is 2.29. The summed E-state index contributed by atoms with van der Waals surface area (Å²) in [6.07, 6.45) is 2.42. The van der Waals surface area contributed by atoms with E-state index in [1.807, 2.05) is 14.0 Å². The van der Waals surface area contributed by atoms with E-state index in [4.69, 9.17) is 5.73 Å². The minimum atomic E-state index is 0.563. The average Bonchev–Trinajstić information content (AvgIpc) is 2.95. The molecular formula is C10H13N5S. The third kappa shape index (κ3) is 1.41. The van der Waals surface area contributed by atoms with Gasteiger partial charge in [0.25, 0.3) is 0 Å². The minimum absolute atomic E-state index is 0.563. The lowest BCUT2D eigenvalue weighted by Crippen LogP contribution is -1.97. The van der Waals surface area contributed by atoms with Gasteiger partial charge in [0.05, 0.1) is 11.3 Å². The molecule has 84 valence electrons. The molecule has 2 N–H and O–H groups in total. The molecule has 2 aromatic rings. The summed E-state index contributed by atoms with van der Waals surface area (Å²) in [6, 6.07) is 0. The number of nitrogens with zero attached hydrogens (tertiary/aromatic N) is 4. The van der Waals surface area contributed by atoms with Gasteiger partial charge in [-0.2, -0.15) is 9.47 Å². The van der Waals surface area contributed by atoms with E-state index in [0.29, 0.717) is 5.92 Å². The molecule has 0 bridgehead atoms. The van der Waals surface area contributed by atoms with Crippen molar-refractivity contribution in [3.05, 3.63) is 11.5 Å². The highest BCUT2D eigenvalue weighted by molar-refractivity contribution is 7.10. The summed E-state index contributed by atoms with van der Waals surface area (Å²) in [4.78, 5) is 4.57. The van der Waals surface area contributed by atoms with Crippen LogP contribution in [0.25, 0.3) is 11.4 Å². The van der Waals surface area contributed by atoms with Crippen molar-refractivity contribution < 1.29 is 0 Å². The van der Waals surface area contributed by atoms with Crippen LogP contribution in [0.3, 0.4) is 0 Å². The maximum absolute atomic E-state index is 5.92. The van der Waals surface area contributed by atoms with E-state index < -0.39 is 0 Å². The maximum atomic E-state index is 5.92. The number of nitrogen functional groups attached to an aromatic ring is 1. The van der Waals surface area contributed by atoms with Gasteiger partial charge in [0.1, 0.15) is 5.00 Å². The lowest BCUT2D eigenvalue weighted by atomic mass is 10.2. The van der Waals surface area contributed by atoms with Gasteiger partial charge in [0.2, 0.25) is 0 Å². The first-order valence-electron chi connectivity index (χ1n) is 5.30. The SMILES string of the molecule is Cc1nsc(N)c1-c1nc(C2CC2)nn1C. The second kappa shape index (κ2) is 3.28. The number of aryl methyl sites for hydroxylation is 2. The van der Waals surface area contributed by atoms with Crippen LogP contribution < -0.4 is 5.73 Å². The Labute approximate surface area is 97.5 Å². The molecule has 1 aliphatic rings. The van der Waals surface area contributed by atoms with Crippen molar-refractivity contribution in [1.82, 2.24) is 19.1 Å². The van der Waals surface area contributed by atoms with Gasteiger partial charge in [-0.25, -0.2) is 9.67 Å². The van der Waals surface area contributed by atoms with Gasteiger partial charge < -0.3 is 5.73 Å². The summed E-state index contributed by atoms with van der Waals surface area (Å²) >= 11 is 1.31. The average molecular weight is 235 g/mol. The first kappa shape index (κ1) is 9.77. The smallest absolute Gasteiger partial charge is 0.163 e. The van der Waals surface area contributed by atoms with Crippen LogP contribution in [0.4, 0.5) is 5.00 Å². The first-order chi connectivity index (χ1) is 7.66. The van der Waals surface area contributed by atoms with Crippen molar-refractivity contribution in [2.45, 2.75) is 25.7 Å². The molecule has 0 aromatic carbocycles. The monoisotopic (exact) mass is 235 g/mol. The standard InChI is InChI=1S/C10H13N5S/c1-5-7(8(11)16-14-5)10-12-9(6-3-4-6)13-15(10)2/h6H,3-4,11H2,1-2H3. The fourth-order valence-corrected chi connectivity index (χ4v) is 2.45. The minimum Gasteiger partial charge on any atom is -0.389 e. The summed E-state index contributed by atoms with van der Waals surface area (Å²) < 4.78 is 6.05. The van der Waals surface area contributed by atoms with Gasteiger partial charge in [-0.1, -0.05) is 0 Å². The molecule has 1 saturated carbocycles. The first-order valence-corrected chi connectivity index (χ1v) is 6.07. The van der Waals surface area contributed by atoms with Crippen LogP contribution in [0.5, 0.6) is 0 Å². The van der Waals surface area contributed by atoms with Crippen molar-refractivity contribution in [1.29, 1.82) is 0 Å². The van der Waals surface area contributed by atoms with Gasteiger partial charge >= 0.3 is 0 Å². The zero-order chi connectivity index (χ0) is 11.3. The van der Waals surface area contributed by atoms with E-state index in [1.54, 1.807) is 4.68 Å². The molecule has 0 amide bonds. The van der Waals surface area contributed by atoms with Crippen LogP contribution in [-0.4, -0.2) is 19.1 Å². The van der Waals surface area contributed by atoms with Crippen LogP contribution in [-0.2, 0) is 7.05 Å². The Bertz CT molecular complexity index is 518. The van der Waals surface area contributed by atoms with E-state index in [1.165, 1.54) is 24.4 Å². The van der Waals surface area contributed by atoms with Gasteiger partial charge in [-0.15, -0.1) is 0 Å². The largest absolute Gasteiger partial charge is 0.389 e. The second-order valence-electron chi connectivity index (χ2n) is 4.20. The maximum Gasteiger partial charge on any atom is 0.163 e. The van der Waals surface area contributed by atoms with E-state index >= 15 is 0 Å². The summed E-state index contributed by atoms with van der Waals surface area (Å²) in [7, 11) is 1.91. The van der Waals surface area contributed by atoms with Crippen molar-refractivity contribution >= 4 is 16.5 Å². The zero-order valence-electron chi connectivity index (χ0n) is 9.27. The number of aromatic nitrogens is 4. The van der Waals surface area contributed by atoms with Crippen LogP contribution in [0.15, 0.2) is 0 Å². The van der Waals surface area contributed by atoms with E-state index in [9.17, 15) is 0 Å². The van der Waals surface area contributed by atoms with E-state index in [2.05, 4.69) is 14.5 Å². The third-order valence-electron chi connectivity index (χ3n) is 2.83. The Morgan fingerprint density at radius 3 is 2.75 bits per heavy atom. The lowest BCUT2D eigenvalue weighted by molar-refractivity contribution is 0.750. The highest BCUT2D eigenvalue weighted by atomic mass is 32.1. The molecule has 0 aliphatic heterocycles. The van der Waals surface area contributed by atoms with Crippen LogP contribution in [0.2, 0.25) is 0 Å². The molecule has 5 nitrogen and oxygen atoms in total. The molecule has 3 rings (SSSR count). The Morgan fingerprint density at radius 2 is 2.19 bits per heavy atom. The fraction of sp³-hybridized carbons (Fsp3) is 0.500. The molecular weight excluding hydrogens is 222 g/mol. The zero-order valence-corrected chi connectivity index (χ0v) is 10.1. The van der Waals surface area contributed by atoms with Crippen molar-refractivity contribution in [2.75, 3.05) is 5.73 Å². The predicted octanol–water partition coefficient (Wildman–Crippen LogP) is 1.71. The highest BCUT2D eigenvalue weighted by Crippen LogP contribution is 2.39. The predicted molar refractivity (Wildman–Crippen MR) is 63.2 cm³/mol. The topological polar surface area (TPSA) is 69.6 Å². The van der Waals surface area contributed by atoms with Crippen molar-refractivity contribution in [3.8, 4) is 11.4 Å². The Hall–Kier alpha value is -1.43. The lowest BCUT2D eigenvalue weighted by Gasteiger charge is -1.98. The molecule has 0 atom stereocenters. The number of nitrogens with two attached hydrogens (primary N) is 1. The molecule has 2 aromatic heterocycles. The normalized spacial score (nSPS) is 15.6. The van der Waals surface area contributed by atoms with Crippen molar-refractivity contribution in [2.24, 2.45) is 7.05 Å². The van der Waals surface area contributed by atoms with Crippen LogP contribution in [0.1, 0.15) is 30.3 Å². The molecule has 1 aliphatic carbocycles.